The Morgan fingerprint density at radius 3 is 1.82 bits per heavy atom. The van der Waals surface area contributed by atoms with E-state index in [4.69, 9.17) is 0 Å². The fourth-order valence-electron chi connectivity index (χ4n) is 9.12. The second kappa shape index (κ2) is 12.2. The predicted molar refractivity (Wildman–Crippen MR) is 212 cm³/mol. The molecule has 2 aliphatic rings. The SMILES string of the molecule is CC1(C)c2cc(N(c3ccc(C4(c5ccccc5)CCCCC4)cc3)c3ccc4ccccc4c3)ccc2-c2c(-c3ccccc3)cccc21. The minimum atomic E-state index is -0.132. The summed E-state index contributed by atoms with van der Waals surface area (Å²) >= 11 is 0. The first-order valence-corrected chi connectivity index (χ1v) is 18.3. The van der Waals surface area contributed by atoms with E-state index in [1.165, 1.54) is 104 Å². The summed E-state index contributed by atoms with van der Waals surface area (Å²) < 4.78 is 0. The van der Waals surface area contributed by atoms with E-state index in [1.807, 2.05) is 0 Å². The Labute approximate surface area is 296 Å². The van der Waals surface area contributed by atoms with Gasteiger partial charge in [0.2, 0.25) is 0 Å². The van der Waals surface area contributed by atoms with Crippen molar-refractivity contribution >= 4 is 27.8 Å². The molecule has 0 atom stereocenters. The molecule has 0 amide bonds. The van der Waals surface area contributed by atoms with Gasteiger partial charge in [-0.05, 0) is 105 Å². The molecule has 244 valence electrons. The molecule has 0 saturated heterocycles. The number of benzene rings is 7. The van der Waals surface area contributed by atoms with Gasteiger partial charge in [0.05, 0.1) is 0 Å². The maximum absolute atomic E-state index is 2.46. The van der Waals surface area contributed by atoms with Gasteiger partial charge in [-0.25, -0.2) is 0 Å². The lowest BCUT2D eigenvalue weighted by Gasteiger charge is -2.39. The largest absolute Gasteiger partial charge is 0.310 e. The molecule has 0 N–H and O–H groups in total. The van der Waals surface area contributed by atoms with Crippen LogP contribution in [0.15, 0.2) is 164 Å². The molecule has 7 aromatic rings. The molecule has 0 aliphatic heterocycles. The minimum absolute atomic E-state index is 0.0750. The molecule has 1 saturated carbocycles. The van der Waals surface area contributed by atoms with E-state index >= 15 is 0 Å². The lowest BCUT2D eigenvalue weighted by Crippen LogP contribution is -2.30. The molecule has 0 heterocycles. The molecular formula is C49H43N. The first-order chi connectivity index (χ1) is 24.5. The van der Waals surface area contributed by atoms with Gasteiger partial charge < -0.3 is 4.90 Å². The normalized spacial score (nSPS) is 15.7. The van der Waals surface area contributed by atoms with Crippen molar-refractivity contribution in [1.29, 1.82) is 0 Å². The topological polar surface area (TPSA) is 3.24 Å². The van der Waals surface area contributed by atoms with Crippen LogP contribution in [0.3, 0.4) is 0 Å². The minimum Gasteiger partial charge on any atom is -0.310 e. The summed E-state index contributed by atoms with van der Waals surface area (Å²) in [5.41, 5.74) is 14.4. The van der Waals surface area contributed by atoms with Crippen molar-refractivity contribution < 1.29 is 0 Å². The van der Waals surface area contributed by atoms with Crippen molar-refractivity contribution in [3.8, 4) is 22.3 Å². The summed E-state index contributed by atoms with van der Waals surface area (Å²) in [6, 6.07) is 61.2. The average molecular weight is 646 g/mol. The highest BCUT2D eigenvalue weighted by Gasteiger charge is 2.38. The van der Waals surface area contributed by atoms with Gasteiger partial charge in [-0.15, -0.1) is 0 Å². The Kier molecular flexibility index (Phi) is 7.46. The molecular weight excluding hydrogens is 603 g/mol. The summed E-state index contributed by atoms with van der Waals surface area (Å²) in [7, 11) is 0. The lowest BCUT2D eigenvalue weighted by atomic mass is 9.65. The fraction of sp³-hybridized carbons (Fsp3) is 0.184. The van der Waals surface area contributed by atoms with E-state index < -0.39 is 0 Å². The smallest absolute Gasteiger partial charge is 0.0468 e. The van der Waals surface area contributed by atoms with Crippen LogP contribution in [-0.4, -0.2) is 0 Å². The van der Waals surface area contributed by atoms with Crippen LogP contribution in [0.2, 0.25) is 0 Å². The third kappa shape index (κ3) is 4.99. The standard InChI is InChI=1S/C49H43N/c1-48(2)45-22-14-21-43(36-16-6-3-7-17-36)47(45)44-30-29-42(34-46(44)48)50(41-26-23-35-15-10-11-18-37(35)33-41)40-27-24-39(25-28-40)49(31-12-5-13-32-49)38-19-8-4-9-20-38/h3-4,6-11,14-30,33-34H,5,12-13,31-32H2,1-2H3. The first-order valence-electron chi connectivity index (χ1n) is 18.3. The summed E-state index contributed by atoms with van der Waals surface area (Å²) in [6.45, 7) is 4.77. The molecule has 2 aliphatic carbocycles. The van der Waals surface area contributed by atoms with Crippen LogP contribution in [0.1, 0.15) is 68.2 Å². The molecule has 0 aromatic heterocycles. The molecule has 0 spiro atoms. The lowest BCUT2D eigenvalue weighted by molar-refractivity contribution is 0.346. The number of hydrogen-bond acceptors (Lipinski definition) is 1. The van der Waals surface area contributed by atoms with Crippen LogP contribution in [0.4, 0.5) is 17.1 Å². The molecule has 50 heavy (non-hydrogen) atoms. The Morgan fingerprint density at radius 1 is 0.440 bits per heavy atom. The van der Waals surface area contributed by atoms with Crippen molar-refractivity contribution in [3.05, 3.63) is 186 Å². The summed E-state index contributed by atoms with van der Waals surface area (Å²) in [5, 5.41) is 2.51. The Bertz CT molecular complexity index is 2310. The highest BCUT2D eigenvalue weighted by atomic mass is 15.1. The van der Waals surface area contributed by atoms with E-state index in [0.29, 0.717) is 0 Å². The highest BCUT2D eigenvalue weighted by molar-refractivity contribution is 5.95. The van der Waals surface area contributed by atoms with Crippen molar-refractivity contribution in [2.45, 2.75) is 56.8 Å². The molecule has 0 radical (unpaired) electrons. The maximum Gasteiger partial charge on any atom is 0.0468 e. The molecule has 1 heteroatoms. The summed E-state index contributed by atoms with van der Waals surface area (Å²) in [6.07, 6.45) is 6.29. The number of nitrogens with zero attached hydrogens (tertiary/aromatic N) is 1. The Balaban J connectivity index is 1.19. The number of fused-ring (bicyclic) bond motifs is 4. The van der Waals surface area contributed by atoms with E-state index in [-0.39, 0.29) is 10.8 Å². The van der Waals surface area contributed by atoms with Crippen LogP contribution in [0, 0.1) is 0 Å². The Morgan fingerprint density at radius 2 is 1.06 bits per heavy atom. The van der Waals surface area contributed by atoms with Crippen molar-refractivity contribution in [2.24, 2.45) is 0 Å². The first kappa shape index (κ1) is 30.6. The summed E-state index contributed by atoms with van der Waals surface area (Å²) in [4.78, 5) is 2.46. The maximum atomic E-state index is 2.46. The van der Waals surface area contributed by atoms with Crippen molar-refractivity contribution in [1.82, 2.24) is 0 Å². The van der Waals surface area contributed by atoms with Crippen molar-refractivity contribution in [2.75, 3.05) is 4.90 Å². The molecule has 0 unspecified atom stereocenters. The Hall–Kier alpha value is -5.40. The van der Waals surface area contributed by atoms with Crippen LogP contribution in [-0.2, 0) is 10.8 Å². The van der Waals surface area contributed by atoms with Gasteiger partial charge in [-0.1, -0.05) is 161 Å². The van der Waals surface area contributed by atoms with Crippen LogP contribution in [0.5, 0.6) is 0 Å². The van der Waals surface area contributed by atoms with E-state index in [9.17, 15) is 0 Å². The quantitative estimate of drug-likeness (QED) is 0.174. The molecule has 9 rings (SSSR count). The monoisotopic (exact) mass is 645 g/mol. The van der Waals surface area contributed by atoms with Crippen molar-refractivity contribution in [3.63, 3.8) is 0 Å². The van der Waals surface area contributed by atoms with E-state index in [1.54, 1.807) is 0 Å². The van der Waals surface area contributed by atoms with Crippen LogP contribution >= 0.6 is 0 Å². The zero-order valence-electron chi connectivity index (χ0n) is 29.1. The molecule has 0 bridgehead atoms. The highest BCUT2D eigenvalue weighted by Crippen LogP contribution is 2.54. The van der Waals surface area contributed by atoms with Gasteiger partial charge in [0, 0.05) is 27.9 Å². The van der Waals surface area contributed by atoms with Gasteiger partial charge in [-0.2, -0.15) is 0 Å². The molecule has 1 nitrogen and oxygen atoms in total. The fourth-order valence-corrected chi connectivity index (χ4v) is 9.12. The van der Waals surface area contributed by atoms with E-state index in [2.05, 4.69) is 183 Å². The zero-order chi connectivity index (χ0) is 33.7. The second-order valence-corrected chi connectivity index (χ2v) is 14.9. The van der Waals surface area contributed by atoms with Gasteiger partial charge in [0.1, 0.15) is 0 Å². The van der Waals surface area contributed by atoms with Crippen LogP contribution in [0.25, 0.3) is 33.0 Å². The number of rotatable bonds is 6. The third-order valence-electron chi connectivity index (χ3n) is 11.7. The molecule has 7 aromatic carbocycles. The van der Waals surface area contributed by atoms with Gasteiger partial charge in [-0.3, -0.25) is 0 Å². The molecule has 1 fully saturated rings. The van der Waals surface area contributed by atoms with Gasteiger partial charge >= 0.3 is 0 Å². The number of hydrogen-bond donors (Lipinski definition) is 0. The zero-order valence-corrected chi connectivity index (χ0v) is 29.1. The third-order valence-corrected chi connectivity index (χ3v) is 11.7. The second-order valence-electron chi connectivity index (χ2n) is 14.9. The van der Waals surface area contributed by atoms with Crippen LogP contribution < -0.4 is 4.90 Å². The van der Waals surface area contributed by atoms with Gasteiger partial charge in [0.15, 0.2) is 0 Å². The van der Waals surface area contributed by atoms with E-state index in [0.717, 1.165) is 0 Å². The van der Waals surface area contributed by atoms with Gasteiger partial charge in [0.25, 0.3) is 0 Å². The average Bonchev–Trinajstić information content (AvgIpc) is 3.41. The number of anilines is 3. The summed E-state index contributed by atoms with van der Waals surface area (Å²) in [5.74, 6) is 0. The predicted octanol–water partition coefficient (Wildman–Crippen LogP) is 13.5.